The largest absolute Gasteiger partial charge is 0.477 e. The van der Waals surface area contributed by atoms with Crippen LogP contribution >= 0.6 is 11.6 Å². The minimum Gasteiger partial charge on any atom is -0.477 e. The maximum Gasteiger partial charge on any atom is 0.341 e. The fourth-order valence-corrected chi connectivity index (χ4v) is 6.62. The van der Waals surface area contributed by atoms with Gasteiger partial charge in [0.15, 0.2) is 0 Å². The van der Waals surface area contributed by atoms with E-state index in [1.807, 2.05) is 34.1 Å². The molecule has 2 aromatic carbocycles. The Morgan fingerprint density at radius 2 is 1.70 bits per heavy atom. The normalized spacial score (nSPS) is 16.1. The molecule has 1 aliphatic heterocycles. The molecule has 6 rings (SSSR count). The van der Waals surface area contributed by atoms with Crippen molar-refractivity contribution in [2.75, 3.05) is 42.5 Å². The molecule has 1 aliphatic carbocycles. The fraction of sp³-hybridized carbons (Fsp3) is 0.375. The highest BCUT2D eigenvalue weighted by Crippen LogP contribution is 2.37. The SMILES string of the molecule is O=C(O)c1cn(-c2ccc(CNCC3CCCCC3)cc2)c2c(Cl)c(N3CCN(c4ncccn4)CC3)c(F)cc2c1=O. The van der Waals surface area contributed by atoms with Crippen LogP contribution in [0.4, 0.5) is 16.0 Å². The van der Waals surface area contributed by atoms with Crippen molar-refractivity contribution in [3.63, 3.8) is 0 Å². The standard InChI is InChI=1S/C32H34ClFN6O3/c33-27-28-24(17-26(34)29(27)38-13-15-39(16-14-38)32-36-11-4-12-37-32)30(41)25(31(42)43)20-40(28)23-9-7-22(8-10-23)19-35-18-21-5-2-1-3-6-21/h4,7-12,17,20-21,35H,1-3,5-6,13-16,18-19H2,(H,42,43). The Hall–Kier alpha value is -4.02. The van der Waals surface area contributed by atoms with Gasteiger partial charge in [-0.2, -0.15) is 0 Å². The molecule has 0 bridgehead atoms. The van der Waals surface area contributed by atoms with Gasteiger partial charge in [-0.3, -0.25) is 4.79 Å². The smallest absolute Gasteiger partial charge is 0.341 e. The van der Waals surface area contributed by atoms with Crippen LogP contribution in [-0.4, -0.2) is 58.3 Å². The third-order valence-electron chi connectivity index (χ3n) is 8.52. The Balaban J connectivity index is 1.31. The first-order valence-corrected chi connectivity index (χ1v) is 15.2. The molecule has 4 aromatic rings. The summed E-state index contributed by atoms with van der Waals surface area (Å²) in [5.74, 6) is -0.729. The summed E-state index contributed by atoms with van der Waals surface area (Å²) in [6.07, 6.45) is 11.1. The second kappa shape index (κ2) is 12.7. The molecule has 1 saturated carbocycles. The number of nitrogens with zero attached hydrogens (tertiary/aromatic N) is 5. The number of halogens is 2. The molecule has 9 nitrogen and oxygen atoms in total. The van der Waals surface area contributed by atoms with Crippen LogP contribution in [0, 0.1) is 11.7 Å². The van der Waals surface area contributed by atoms with Crippen molar-refractivity contribution in [1.82, 2.24) is 19.9 Å². The van der Waals surface area contributed by atoms with E-state index in [1.165, 1.54) is 38.3 Å². The summed E-state index contributed by atoms with van der Waals surface area (Å²) in [5.41, 5.74) is 0.925. The number of hydrogen-bond acceptors (Lipinski definition) is 7. The lowest BCUT2D eigenvalue weighted by Gasteiger charge is -2.36. The number of piperazine rings is 1. The number of benzene rings is 2. The topological polar surface area (TPSA) is 104 Å². The Morgan fingerprint density at radius 3 is 2.37 bits per heavy atom. The minimum absolute atomic E-state index is 0.0617. The fourth-order valence-electron chi connectivity index (χ4n) is 6.22. The zero-order chi connectivity index (χ0) is 29.9. The molecule has 2 N–H and O–H groups in total. The van der Waals surface area contributed by atoms with Gasteiger partial charge in [0, 0.05) is 57.0 Å². The maximum atomic E-state index is 15.7. The molecule has 2 fully saturated rings. The molecule has 11 heteroatoms. The van der Waals surface area contributed by atoms with E-state index in [0.717, 1.165) is 30.6 Å². The molecule has 3 heterocycles. The van der Waals surface area contributed by atoms with Crippen LogP contribution < -0.4 is 20.5 Å². The second-order valence-corrected chi connectivity index (χ2v) is 11.7. The van der Waals surface area contributed by atoms with Crippen molar-refractivity contribution in [1.29, 1.82) is 0 Å². The number of nitrogens with one attached hydrogen (secondary N) is 1. The number of carboxylic acid groups (broad SMARTS) is 1. The van der Waals surface area contributed by atoms with Gasteiger partial charge in [-0.15, -0.1) is 0 Å². The Bertz CT molecular complexity index is 1670. The summed E-state index contributed by atoms with van der Waals surface area (Å²) in [6, 6.07) is 10.5. The number of aromatic carboxylic acids is 1. The second-order valence-electron chi connectivity index (χ2n) is 11.3. The zero-order valence-electron chi connectivity index (χ0n) is 23.8. The first-order chi connectivity index (χ1) is 20.9. The predicted molar refractivity (Wildman–Crippen MR) is 166 cm³/mol. The number of pyridine rings is 1. The Morgan fingerprint density at radius 1 is 1.02 bits per heavy atom. The van der Waals surface area contributed by atoms with Crippen LogP contribution in [0.25, 0.3) is 16.6 Å². The predicted octanol–water partition coefficient (Wildman–Crippen LogP) is 5.27. The van der Waals surface area contributed by atoms with Gasteiger partial charge in [0.1, 0.15) is 11.4 Å². The Kier molecular flexibility index (Phi) is 8.58. The van der Waals surface area contributed by atoms with Crippen molar-refractivity contribution in [2.45, 2.75) is 38.6 Å². The van der Waals surface area contributed by atoms with E-state index in [0.29, 0.717) is 37.8 Å². The van der Waals surface area contributed by atoms with E-state index in [-0.39, 0.29) is 21.6 Å². The summed E-state index contributed by atoms with van der Waals surface area (Å²) < 4.78 is 17.3. The zero-order valence-corrected chi connectivity index (χ0v) is 24.6. The van der Waals surface area contributed by atoms with E-state index < -0.39 is 22.8 Å². The number of carbonyl (C=O) groups is 1. The molecule has 43 heavy (non-hydrogen) atoms. The third kappa shape index (κ3) is 6.07. The number of aromatic nitrogens is 3. The van der Waals surface area contributed by atoms with Crippen molar-refractivity contribution >= 4 is 40.1 Å². The van der Waals surface area contributed by atoms with Crippen LogP contribution in [0.2, 0.25) is 5.02 Å². The van der Waals surface area contributed by atoms with Crippen molar-refractivity contribution in [2.24, 2.45) is 5.92 Å². The Labute approximate surface area is 253 Å². The average molecular weight is 605 g/mol. The summed E-state index contributed by atoms with van der Waals surface area (Å²) in [6.45, 7) is 3.74. The van der Waals surface area contributed by atoms with Crippen LogP contribution in [0.15, 0.2) is 59.8 Å². The van der Waals surface area contributed by atoms with Gasteiger partial charge < -0.3 is 24.8 Å². The van der Waals surface area contributed by atoms with E-state index in [1.54, 1.807) is 23.0 Å². The van der Waals surface area contributed by atoms with Crippen LogP contribution in [0.5, 0.6) is 0 Å². The average Bonchev–Trinajstić information content (AvgIpc) is 3.03. The summed E-state index contributed by atoms with van der Waals surface area (Å²) in [4.78, 5) is 37.7. The highest BCUT2D eigenvalue weighted by molar-refractivity contribution is 6.38. The maximum absolute atomic E-state index is 15.7. The van der Waals surface area contributed by atoms with Gasteiger partial charge in [-0.25, -0.2) is 19.2 Å². The summed E-state index contributed by atoms with van der Waals surface area (Å²) in [7, 11) is 0. The molecular formula is C32H34ClFN6O3. The van der Waals surface area contributed by atoms with E-state index >= 15 is 4.39 Å². The number of rotatable bonds is 8. The van der Waals surface area contributed by atoms with Gasteiger partial charge in [0.2, 0.25) is 11.4 Å². The van der Waals surface area contributed by atoms with E-state index in [4.69, 9.17) is 11.6 Å². The molecule has 0 spiro atoms. The number of fused-ring (bicyclic) bond motifs is 1. The van der Waals surface area contributed by atoms with Crippen LogP contribution in [0.1, 0.15) is 48.0 Å². The first-order valence-electron chi connectivity index (χ1n) is 14.8. The quantitative estimate of drug-likeness (QED) is 0.280. The molecule has 1 saturated heterocycles. The lowest BCUT2D eigenvalue weighted by Crippen LogP contribution is -2.47. The molecule has 2 aliphatic rings. The number of anilines is 2. The number of hydrogen-bond donors (Lipinski definition) is 2. The van der Waals surface area contributed by atoms with Crippen molar-refractivity contribution in [3.05, 3.63) is 87.2 Å². The summed E-state index contributed by atoms with van der Waals surface area (Å²) in [5, 5.41) is 13.3. The lowest BCUT2D eigenvalue weighted by atomic mass is 9.89. The van der Waals surface area contributed by atoms with Gasteiger partial charge in [0.25, 0.3) is 0 Å². The van der Waals surface area contributed by atoms with Gasteiger partial charge >= 0.3 is 5.97 Å². The highest BCUT2D eigenvalue weighted by atomic mass is 35.5. The molecule has 224 valence electrons. The minimum atomic E-state index is -1.39. The summed E-state index contributed by atoms with van der Waals surface area (Å²) >= 11 is 6.93. The van der Waals surface area contributed by atoms with E-state index in [2.05, 4.69) is 15.3 Å². The lowest BCUT2D eigenvalue weighted by molar-refractivity contribution is 0.0695. The molecule has 0 radical (unpaired) electrons. The first kappa shape index (κ1) is 29.1. The van der Waals surface area contributed by atoms with Crippen molar-refractivity contribution < 1.29 is 14.3 Å². The van der Waals surface area contributed by atoms with E-state index in [9.17, 15) is 14.7 Å². The molecule has 2 aromatic heterocycles. The monoisotopic (exact) mass is 604 g/mol. The van der Waals surface area contributed by atoms with Crippen LogP contribution in [0.3, 0.4) is 0 Å². The molecular weight excluding hydrogens is 571 g/mol. The van der Waals surface area contributed by atoms with Gasteiger partial charge in [-0.1, -0.05) is 43.0 Å². The van der Waals surface area contributed by atoms with Gasteiger partial charge in [0.05, 0.1) is 21.6 Å². The molecule has 0 unspecified atom stereocenters. The molecule has 0 amide bonds. The van der Waals surface area contributed by atoms with Crippen molar-refractivity contribution in [3.8, 4) is 5.69 Å². The van der Waals surface area contributed by atoms with Gasteiger partial charge in [-0.05, 0) is 55.1 Å². The highest BCUT2D eigenvalue weighted by Gasteiger charge is 2.27. The van der Waals surface area contributed by atoms with Crippen LogP contribution in [-0.2, 0) is 6.54 Å². The number of carboxylic acids is 1. The molecule has 0 atom stereocenters. The third-order valence-corrected chi connectivity index (χ3v) is 8.88.